The summed E-state index contributed by atoms with van der Waals surface area (Å²) in [7, 11) is 0. The highest BCUT2D eigenvalue weighted by Gasteiger charge is 2.35. The van der Waals surface area contributed by atoms with Gasteiger partial charge in [-0.1, -0.05) is 184 Å². The zero-order valence-corrected chi connectivity index (χ0v) is 32.6. The van der Waals surface area contributed by atoms with Crippen molar-refractivity contribution in [3.63, 3.8) is 0 Å². The van der Waals surface area contributed by atoms with E-state index in [-0.39, 0.29) is 5.41 Å². The van der Waals surface area contributed by atoms with Gasteiger partial charge in [0, 0.05) is 22.5 Å². The third-order valence-electron chi connectivity index (χ3n) is 12.1. The van der Waals surface area contributed by atoms with Crippen LogP contribution < -0.4 is 4.90 Å². The van der Waals surface area contributed by atoms with E-state index in [1.165, 1.54) is 83.1 Å². The first-order valence-corrected chi connectivity index (χ1v) is 19.9. The summed E-state index contributed by atoms with van der Waals surface area (Å²) in [6.45, 7) is 6.92. The molecule has 0 N–H and O–H groups in total. The van der Waals surface area contributed by atoms with Crippen molar-refractivity contribution >= 4 is 27.8 Å². The zero-order chi connectivity index (χ0) is 38.5. The van der Waals surface area contributed by atoms with E-state index >= 15 is 0 Å². The molecule has 0 saturated carbocycles. The number of anilines is 3. The molecular formula is C56H43N. The van der Waals surface area contributed by atoms with Gasteiger partial charge in [0.1, 0.15) is 0 Å². The van der Waals surface area contributed by atoms with E-state index in [9.17, 15) is 0 Å². The molecule has 57 heavy (non-hydrogen) atoms. The molecule has 0 unspecified atom stereocenters. The van der Waals surface area contributed by atoms with E-state index < -0.39 is 0 Å². The van der Waals surface area contributed by atoms with Crippen LogP contribution in [0.3, 0.4) is 0 Å². The monoisotopic (exact) mass is 729 g/mol. The molecule has 0 saturated heterocycles. The van der Waals surface area contributed by atoms with Gasteiger partial charge in [0.25, 0.3) is 0 Å². The Morgan fingerprint density at radius 1 is 0.351 bits per heavy atom. The zero-order valence-electron chi connectivity index (χ0n) is 32.6. The Morgan fingerprint density at radius 3 is 1.53 bits per heavy atom. The van der Waals surface area contributed by atoms with Crippen LogP contribution in [0.1, 0.15) is 30.5 Å². The van der Waals surface area contributed by atoms with Gasteiger partial charge < -0.3 is 4.90 Å². The largest absolute Gasteiger partial charge is 0.310 e. The highest BCUT2D eigenvalue weighted by molar-refractivity contribution is 6.05. The fraction of sp³-hybridized carbons (Fsp3) is 0.0714. The Bertz CT molecular complexity index is 2900. The molecule has 0 bridgehead atoms. The van der Waals surface area contributed by atoms with E-state index in [4.69, 9.17) is 0 Å². The van der Waals surface area contributed by atoms with Crippen molar-refractivity contribution in [3.05, 3.63) is 223 Å². The average molecular weight is 730 g/mol. The highest BCUT2D eigenvalue weighted by Crippen LogP contribution is 2.51. The molecule has 0 amide bonds. The van der Waals surface area contributed by atoms with E-state index in [1.54, 1.807) is 0 Å². The summed E-state index contributed by atoms with van der Waals surface area (Å²) in [5.74, 6) is 0. The second-order valence-electron chi connectivity index (χ2n) is 15.8. The summed E-state index contributed by atoms with van der Waals surface area (Å²) in [5.41, 5.74) is 19.8. The maximum atomic E-state index is 2.42. The molecule has 272 valence electrons. The second-order valence-corrected chi connectivity index (χ2v) is 15.8. The molecule has 9 aromatic rings. The fourth-order valence-corrected chi connectivity index (χ4v) is 9.01. The van der Waals surface area contributed by atoms with Gasteiger partial charge in [0.05, 0.1) is 0 Å². The fourth-order valence-electron chi connectivity index (χ4n) is 9.01. The molecule has 0 fully saturated rings. The molecular weight excluding hydrogens is 687 g/mol. The van der Waals surface area contributed by atoms with Crippen LogP contribution in [-0.4, -0.2) is 0 Å². The molecule has 0 heterocycles. The van der Waals surface area contributed by atoms with Crippen molar-refractivity contribution in [2.45, 2.75) is 26.2 Å². The first-order chi connectivity index (χ1) is 27.9. The number of rotatable bonds is 7. The molecule has 1 nitrogen and oxygen atoms in total. The predicted molar refractivity (Wildman–Crippen MR) is 243 cm³/mol. The van der Waals surface area contributed by atoms with Crippen molar-refractivity contribution in [1.29, 1.82) is 0 Å². The van der Waals surface area contributed by atoms with Gasteiger partial charge in [-0.15, -0.1) is 0 Å². The lowest BCUT2D eigenvalue weighted by Gasteiger charge is -2.28. The minimum absolute atomic E-state index is 0.102. The van der Waals surface area contributed by atoms with Crippen LogP contribution in [0.4, 0.5) is 17.1 Å². The molecule has 0 spiro atoms. The van der Waals surface area contributed by atoms with Crippen molar-refractivity contribution < 1.29 is 0 Å². The first kappa shape index (κ1) is 34.5. The third kappa shape index (κ3) is 6.04. The van der Waals surface area contributed by atoms with Crippen molar-refractivity contribution in [3.8, 4) is 55.6 Å². The van der Waals surface area contributed by atoms with Crippen LogP contribution in [0.2, 0.25) is 0 Å². The van der Waals surface area contributed by atoms with Crippen LogP contribution in [0.15, 0.2) is 206 Å². The highest BCUT2D eigenvalue weighted by atomic mass is 15.1. The molecule has 1 aliphatic carbocycles. The van der Waals surface area contributed by atoms with Gasteiger partial charge in [-0.25, -0.2) is 0 Å². The van der Waals surface area contributed by atoms with E-state index in [0.29, 0.717) is 0 Å². The lowest BCUT2D eigenvalue weighted by molar-refractivity contribution is 0.660. The van der Waals surface area contributed by atoms with Crippen molar-refractivity contribution in [2.24, 2.45) is 0 Å². The Balaban J connectivity index is 1.07. The minimum Gasteiger partial charge on any atom is -0.310 e. The normalized spacial score (nSPS) is 12.6. The number of hydrogen-bond acceptors (Lipinski definition) is 1. The van der Waals surface area contributed by atoms with Gasteiger partial charge in [0.2, 0.25) is 0 Å². The SMILES string of the molecule is Cc1ccccc1-c1c(-c2ccc(N(c3ccc(-c4ccc(-c5ccccc5)cc4)cc3)c3ccc4c(c3)C(C)(C)c3ccccc3-4)cc2)ccc2ccccc12. The van der Waals surface area contributed by atoms with Crippen LogP contribution in [0, 0.1) is 6.92 Å². The molecule has 0 radical (unpaired) electrons. The predicted octanol–water partition coefficient (Wildman–Crippen LogP) is 15.6. The molecule has 9 aromatic carbocycles. The standard InChI is InChI=1S/C56H43N/c1-38-13-7-9-17-48(38)55-49-18-10-8-16-43(49)29-35-50(55)44-27-32-46(33-28-44)57(47-34-36-52-51-19-11-12-20-53(51)56(2,3)54(52)37-47)45-30-25-42(26-31-45)41-23-21-40(22-24-41)39-14-5-4-6-15-39/h4-37H,1-3H3. The number of nitrogens with zero attached hydrogens (tertiary/aromatic N) is 1. The van der Waals surface area contributed by atoms with Crippen molar-refractivity contribution in [2.75, 3.05) is 4.90 Å². The van der Waals surface area contributed by atoms with Gasteiger partial charge in [-0.05, 0) is 126 Å². The maximum Gasteiger partial charge on any atom is 0.0465 e. The van der Waals surface area contributed by atoms with Gasteiger partial charge >= 0.3 is 0 Å². The lowest BCUT2D eigenvalue weighted by atomic mass is 9.82. The van der Waals surface area contributed by atoms with E-state index in [0.717, 1.165) is 17.1 Å². The number of hydrogen-bond donors (Lipinski definition) is 0. The summed E-state index contributed by atoms with van der Waals surface area (Å²) in [5, 5.41) is 2.52. The molecule has 0 aliphatic heterocycles. The number of aryl methyl sites for hydroxylation is 1. The summed E-state index contributed by atoms with van der Waals surface area (Å²) in [4.78, 5) is 2.41. The summed E-state index contributed by atoms with van der Waals surface area (Å²) in [6, 6.07) is 75.6. The van der Waals surface area contributed by atoms with Gasteiger partial charge in [-0.3, -0.25) is 0 Å². The smallest absolute Gasteiger partial charge is 0.0465 e. The Kier molecular flexibility index (Phi) is 8.46. The van der Waals surface area contributed by atoms with Crippen LogP contribution in [-0.2, 0) is 5.41 Å². The molecule has 1 aliphatic rings. The summed E-state index contributed by atoms with van der Waals surface area (Å²) >= 11 is 0. The van der Waals surface area contributed by atoms with E-state index in [1.807, 2.05) is 0 Å². The Labute approximate surface area is 336 Å². The molecule has 0 atom stereocenters. The van der Waals surface area contributed by atoms with Crippen LogP contribution in [0.25, 0.3) is 66.4 Å². The second kappa shape index (κ2) is 14.0. The molecule has 1 heteroatoms. The number of fused-ring (bicyclic) bond motifs is 4. The Hall–Kier alpha value is -6.96. The summed E-state index contributed by atoms with van der Waals surface area (Å²) < 4.78 is 0. The van der Waals surface area contributed by atoms with Gasteiger partial charge in [0.15, 0.2) is 0 Å². The van der Waals surface area contributed by atoms with Crippen molar-refractivity contribution in [1.82, 2.24) is 0 Å². The Morgan fingerprint density at radius 2 is 0.842 bits per heavy atom. The lowest BCUT2D eigenvalue weighted by Crippen LogP contribution is -2.16. The molecule has 10 rings (SSSR count). The topological polar surface area (TPSA) is 3.24 Å². The van der Waals surface area contributed by atoms with Crippen LogP contribution >= 0.6 is 0 Å². The van der Waals surface area contributed by atoms with Crippen LogP contribution in [0.5, 0.6) is 0 Å². The number of benzene rings is 9. The third-order valence-corrected chi connectivity index (χ3v) is 12.1. The van der Waals surface area contributed by atoms with Gasteiger partial charge in [-0.2, -0.15) is 0 Å². The quantitative estimate of drug-likeness (QED) is 0.158. The first-order valence-electron chi connectivity index (χ1n) is 19.9. The summed E-state index contributed by atoms with van der Waals surface area (Å²) in [6.07, 6.45) is 0. The molecule has 0 aromatic heterocycles. The minimum atomic E-state index is -0.102. The van der Waals surface area contributed by atoms with E-state index in [2.05, 4.69) is 232 Å². The average Bonchev–Trinajstić information content (AvgIpc) is 3.50. The maximum absolute atomic E-state index is 2.42.